The summed E-state index contributed by atoms with van der Waals surface area (Å²) in [6.07, 6.45) is 0.614. The fourth-order valence-corrected chi connectivity index (χ4v) is 4.47. The Bertz CT molecular complexity index is 867. The molecule has 2 N–H and O–H groups in total. The lowest BCUT2D eigenvalue weighted by Gasteiger charge is -2.13. The molecule has 1 heterocycles. The summed E-state index contributed by atoms with van der Waals surface area (Å²) in [5.41, 5.74) is 1.46. The summed E-state index contributed by atoms with van der Waals surface area (Å²) in [5, 5.41) is 6.55. The van der Waals surface area contributed by atoms with E-state index in [0.717, 1.165) is 5.69 Å². The van der Waals surface area contributed by atoms with E-state index in [1.54, 1.807) is 48.5 Å². The second-order valence-electron chi connectivity index (χ2n) is 6.11. The molecule has 1 aliphatic rings. The minimum atomic E-state index is -2.91. The van der Waals surface area contributed by atoms with Crippen LogP contribution in [0.4, 0.5) is 11.4 Å². The Morgan fingerprint density at radius 1 is 1.08 bits per heavy atom. The Labute approximate surface area is 157 Å². The van der Waals surface area contributed by atoms with Crippen molar-refractivity contribution in [1.29, 1.82) is 0 Å². The van der Waals surface area contributed by atoms with Crippen LogP contribution in [0, 0.1) is 0 Å². The van der Waals surface area contributed by atoms with Crippen LogP contribution in [0.1, 0.15) is 6.42 Å². The van der Waals surface area contributed by atoms with E-state index in [0.29, 0.717) is 22.9 Å². The molecule has 1 unspecified atom stereocenters. The molecule has 0 aromatic heterocycles. The number of rotatable bonds is 6. The fourth-order valence-electron chi connectivity index (χ4n) is 2.67. The lowest BCUT2D eigenvalue weighted by Crippen LogP contribution is -2.21. The molecule has 1 aliphatic heterocycles. The van der Waals surface area contributed by atoms with Crippen LogP contribution in [0.25, 0.3) is 0 Å². The van der Waals surface area contributed by atoms with Gasteiger partial charge in [0.2, 0.25) is 0 Å². The molecule has 0 bridgehead atoms. The first-order chi connectivity index (χ1) is 12.4. The third-order valence-corrected chi connectivity index (χ3v) is 5.98. The van der Waals surface area contributed by atoms with Gasteiger partial charge in [0.15, 0.2) is 16.4 Å². The zero-order chi connectivity index (χ0) is 18.6. The summed E-state index contributed by atoms with van der Waals surface area (Å²) >= 11 is 5.79. The topological polar surface area (TPSA) is 84.5 Å². The molecule has 1 amide bonds. The third-order valence-electron chi connectivity index (χ3n) is 3.96. The van der Waals surface area contributed by atoms with Crippen molar-refractivity contribution in [3.63, 3.8) is 0 Å². The van der Waals surface area contributed by atoms with Gasteiger partial charge in [-0.05, 0) is 55.0 Å². The maximum absolute atomic E-state index is 11.9. The standard InChI is InChI=1S/C18H19ClN2O4S/c19-13-1-7-17(8-2-13)25-11-18(22)21-15-5-3-14(4-6-15)20-16-9-10-26(23,24)12-16/h1-8,16,20H,9-12H2,(H,21,22). The molecular formula is C18H19ClN2O4S. The van der Waals surface area contributed by atoms with Crippen molar-refractivity contribution in [1.82, 2.24) is 0 Å². The lowest BCUT2D eigenvalue weighted by atomic mass is 10.2. The number of anilines is 2. The maximum Gasteiger partial charge on any atom is 0.262 e. The number of carbonyl (C=O) groups is 1. The molecule has 0 saturated carbocycles. The molecule has 1 atom stereocenters. The molecule has 0 spiro atoms. The fraction of sp³-hybridized carbons (Fsp3) is 0.278. The number of carbonyl (C=O) groups excluding carboxylic acids is 1. The van der Waals surface area contributed by atoms with Crippen molar-refractivity contribution < 1.29 is 17.9 Å². The van der Waals surface area contributed by atoms with Crippen molar-refractivity contribution >= 4 is 38.7 Å². The van der Waals surface area contributed by atoms with Gasteiger partial charge >= 0.3 is 0 Å². The van der Waals surface area contributed by atoms with Crippen molar-refractivity contribution in [2.75, 3.05) is 28.7 Å². The van der Waals surface area contributed by atoms with Gasteiger partial charge in [0.1, 0.15) is 5.75 Å². The Morgan fingerprint density at radius 2 is 1.73 bits per heavy atom. The van der Waals surface area contributed by atoms with Gasteiger partial charge in [0.25, 0.3) is 5.91 Å². The van der Waals surface area contributed by atoms with E-state index in [1.165, 1.54) is 0 Å². The zero-order valence-corrected chi connectivity index (χ0v) is 15.5. The quantitative estimate of drug-likeness (QED) is 0.786. The summed E-state index contributed by atoms with van der Waals surface area (Å²) in [5.74, 6) is 0.679. The number of hydrogen-bond donors (Lipinski definition) is 2. The minimum absolute atomic E-state index is 0.0618. The summed E-state index contributed by atoms with van der Waals surface area (Å²) in [4.78, 5) is 11.9. The molecule has 3 rings (SSSR count). The molecule has 8 heteroatoms. The van der Waals surface area contributed by atoms with E-state index in [-0.39, 0.29) is 30.1 Å². The summed E-state index contributed by atoms with van der Waals surface area (Å²) in [6, 6.07) is 13.8. The van der Waals surface area contributed by atoms with E-state index in [2.05, 4.69) is 10.6 Å². The van der Waals surface area contributed by atoms with Crippen LogP contribution in [0.5, 0.6) is 5.75 Å². The second-order valence-corrected chi connectivity index (χ2v) is 8.78. The first-order valence-corrected chi connectivity index (χ1v) is 10.3. The van der Waals surface area contributed by atoms with Crippen LogP contribution in [0.15, 0.2) is 48.5 Å². The highest BCUT2D eigenvalue weighted by Gasteiger charge is 2.27. The average Bonchev–Trinajstić information content (AvgIpc) is 2.95. The smallest absolute Gasteiger partial charge is 0.262 e. The highest BCUT2D eigenvalue weighted by Crippen LogP contribution is 2.20. The van der Waals surface area contributed by atoms with Gasteiger partial charge in [-0.3, -0.25) is 4.79 Å². The SMILES string of the molecule is O=C(COc1ccc(Cl)cc1)Nc1ccc(NC2CCS(=O)(=O)C2)cc1. The van der Waals surface area contributed by atoms with Crippen LogP contribution in [-0.2, 0) is 14.6 Å². The number of amides is 1. The molecule has 0 radical (unpaired) electrons. The van der Waals surface area contributed by atoms with Crippen LogP contribution in [0.3, 0.4) is 0 Å². The van der Waals surface area contributed by atoms with E-state index >= 15 is 0 Å². The summed E-state index contributed by atoms with van der Waals surface area (Å²) in [7, 11) is -2.91. The number of hydrogen-bond acceptors (Lipinski definition) is 5. The predicted molar refractivity (Wildman–Crippen MR) is 103 cm³/mol. The molecular weight excluding hydrogens is 376 g/mol. The predicted octanol–water partition coefficient (Wildman–Crippen LogP) is 2.96. The highest BCUT2D eigenvalue weighted by atomic mass is 35.5. The Hall–Kier alpha value is -2.25. The van der Waals surface area contributed by atoms with Gasteiger partial charge < -0.3 is 15.4 Å². The lowest BCUT2D eigenvalue weighted by molar-refractivity contribution is -0.118. The van der Waals surface area contributed by atoms with E-state index in [9.17, 15) is 13.2 Å². The number of benzene rings is 2. The summed E-state index contributed by atoms with van der Waals surface area (Å²) < 4.78 is 28.3. The van der Waals surface area contributed by atoms with Gasteiger partial charge in [0.05, 0.1) is 11.5 Å². The Kier molecular flexibility index (Phi) is 5.68. The number of halogens is 1. The first kappa shape index (κ1) is 18.5. The zero-order valence-electron chi connectivity index (χ0n) is 13.9. The monoisotopic (exact) mass is 394 g/mol. The molecule has 2 aromatic rings. The van der Waals surface area contributed by atoms with Crippen LogP contribution in [0.2, 0.25) is 5.02 Å². The van der Waals surface area contributed by atoms with Crippen LogP contribution in [-0.4, -0.2) is 38.5 Å². The second kappa shape index (κ2) is 7.97. The molecule has 6 nitrogen and oxygen atoms in total. The van der Waals surface area contributed by atoms with Crippen LogP contribution < -0.4 is 15.4 Å². The first-order valence-electron chi connectivity index (χ1n) is 8.15. The highest BCUT2D eigenvalue weighted by molar-refractivity contribution is 7.91. The van der Waals surface area contributed by atoms with E-state index in [1.807, 2.05) is 0 Å². The number of nitrogens with one attached hydrogen (secondary N) is 2. The van der Waals surface area contributed by atoms with Crippen molar-refractivity contribution in [2.45, 2.75) is 12.5 Å². The normalized spacial score (nSPS) is 18.3. The maximum atomic E-state index is 11.9. The average molecular weight is 395 g/mol. The largest absolute Gasteiger partial charge is 0.484 e. The molecule has 1 saturated heterocycles. The van der Waals surface area contributed by atoms with Gasteiger partial charge in [-0.1, -0.05) is 11.6 Å². The van der Waals surface area contributed by atoms with Gasteiger partial charge in [-0.15, -0.1) is 0 Å². The molecule has 0 aliphatic carbocycles. The van der Waals surface area contributed by atoms with Crippen molar-refractivity contribution in [3.05, 3.63) is 53.6 Å². The van der Waals surface area contributed by atoms with E-state index in [4.69, 9.17) is 16.3 Å². The number of sulfone groups is 1. The van der Waals surface area contributed by atoms with Gasteiger partial charge in [-0.2, -0.15) is 0 Å². The number of ether oxygens (including phenoxy) is 1. The molecule has 2 aromatic carbocycles. The van der Waals surface area contributed by atoms with Gasteiger partial charge in [0, 0.05) is 22.4 Å². The minimum Gasteiger partial charge on any atom is -0.484 e. The molecule has 1 fully saturated rings. The van der Waals surface area contributed by atoms with Gasteiger partial charge in [-0.25, -0.2) is 8.42 Å². The Balaban J connectivity index is 1.47. The van der Waals surface area contributed by atoms with Crippen molar-refractivity contribution in [2.24, 2.45) is 0 Å². The molecule has 26 heavy (non-hydrogen) atoms. The Morgan fingerprint density at radius 3 is 2.35 bits per heavy atom. The third kappa shape index (κ3) is 5.37. The molecule has 138 valence electrons. The van der Waals surface area contributed by atoms with Crippen LogP contribution >= 0.6 is 11.6 Å². The van der Waals surface area contributed by atoms with E-state index < -0.39 is 9.84 Å². The summed E-state index contributed by atoms with van der Waals surface area (Å²) in [6.45, 7) is -0.110. The van der Waals surface area contributed by atoms with Crippen molar-refractivity contribution in [3.8, 4) is 5.75 Å².